The van der Waals surface area contributed by atoms with Gasteiger partial charge in [-0.05, 0) is 35.7 Å². The Morgan fingerprint density at radius 1 is 1.10 bits per heavy atom. The highest BCUT2D eigenvalue weighted by Gasteiger charge is 2.13. The van der Waals surface area contributed by atoms with Crippen LogP contribution in [0.3, 0.4) is 0 Å². The summed E-state index contributed by atoms with van der Waals surface area (Å²) in [6.07, 6.45) is 0. The third kappa shape index (κ3) is 3.97. The number of likely N-dealkylation sites (N-methyl/N-ethyl adjacent to an activating group) is 1. The average Bonchev–Trinajstić information content (AvgIpc) is 2.46. The minimum Gasteiger partial charge on any atom is -0.365 e. The molecular formula is C18H24N2O. The monoisotopic (exact) mass is 284 g/mol. The number of nitrogens with one attached hydrogen (secondary N) is 1. The van der Waals surface area contributed by atoms with E-state index in [0.717, 1.165) is 5.69 Å². The summed E-state index contributed by atoms with van der Waals surface area (Å²) in [6.45, 7) is 6.63. The van der Waals surface area contributed by atoms with E-state index in [4.69, 9.17) is 0 Å². The van der Waals surface area contributed by atoms with Crippen LogP contribution in [0.5, 0.6) is 0 Å². The van der Waals surface area contributed by atoms with Crippen molar-refractivity contribution in [2.45, 2.75) is 26.8 Å². The van der Waals surface area contributed by atoms with Gasteiger partial charge in [0.1, 0.15) is 0 Å². The molecule has 2 aromatic carbocycles. The number of hydrogen-bond acceptors (Lipinski definition) is 2. The molecule has 2 aromatic rings. The number of benzene rings is 2. The van der Waals surface area contributed by atoms with Crippen molar-refractivity contribution in [3.63, 3.8) is 0 Å². The molecule has 0 heterocycles. The normalized spacial score (nSPS) is 12.4. The van der Waals surface area contributed by atoms with Crippen LogP contribution >= 0.6 is 0 Å². The predicted octanol–water partition coefficient (Wildman–Crippen LogP) is 3.44. The Labute approximate surface area is 127 Å². The minimum atomic E-state index is 0.0619. The topological polar surface area (TPSA) is 32.3 Å². The summed E-state index contributed by atoms with van der Waals surface area (Å²) in [5.74, 6) is 0.506. The van der Waals surface area contributed by atoms with Crippen LogP contribution in [0.15, 0.2) is 42.5 Å². The van der Waals surface area contributed by atoms with E-state index in [1.54, 1.807) is 0 Å². The number of carbonyl (C=O) groups is 1. The van der Waals surface area contributed by atoms with E-state index in [1.807, 2.05) is 31.0 Å². The van der Waals surface area contributed by atoms with E-state index in [-0.39, 0.29) is 11.9 Å². The Hall–Kier alpha value is -2.03. The molecule has 0 radical (unpaired) electrons. The number of carbonyl (C=O) groups excluding carboxylic acids is 1. The lowest BCUT2D eigenvalue weighted by Crippen LogP contribution is -2.41. The zero-order valence-electron chi connectivity index (χ0n) is 13.3. The molecule has 0 fully saturated rings. The number of nitrogens with zero attached hydrogens (tertiary/aromatic N) is 1. The predicted molar refractivity (Wildman–Crippen MR) is 89.7 cm³/mol. The summed E-state index contributed by atoms with van der Waals surface area (Å²) in [7, 11) is 1.95. The molecule has 1 atom stereocenters. The number of anilines is 1. The second-order valence-corrected chi connectivity index (χ2v) is 5.99. The highest BCUT2D eigenvalue weighted by Crippen LogP contribution is 2.21. The van der Waals surface area contributed by atoms with Crippen molar-refractivity contribution in [3.05, 3.63) is 42.5 Å². The van der Waals surface area contributed by atoms with Gasteiger partial charge in [-0.1, -0.05) is 44.2 Å². The van der Waals surface area contributed by atoms with Gasteiger partial charge in [-0.25, -0.2) is 0 Å². The Bertz CT molecular complexity index is 621. The zero-order valence-corrected chi connectivity index (χ0v) is 13.3. The third-order valence-corrected chi connectivity index (χ3v) is 3.94. The van der Waals surface area contributed by atoms with Crippen LogP contribution in [0.4, 0.5) is 5.69 Å². The van der Waals surface area contributed by atoms with Crippen LogP contribution in [0.2, 0.25) is 0 Å². The lowest BCUT2D eigenvalue weighted by atomic mass is 10.1. The van der Waals surface area contributed by atoms with Gasteiger partial charge in [0, 0.05) is 18.8 Å². The van der Waals surface area contributed by atoms with Gasteiger partial charge < -0.3 is 10.2 Å². The van der Waals surface area contributed by atoms with E-state index >= 15 is 0 Å². The number of hydrogen-bond donors (Lipinski definition) is 1. The van der Waals surface area contributed by atoms with Crippen molar-refractivity contribution in [1.82, 2.24) is 5.32 Å². The summed E-state index contributed by atoms with van der Waals surface area (Å²) in [4.78, 5) is 14.0. The number of rotatable bonds is 5. The highest BCUT2D eigenvalue weighted by atomic mass is 16.2. The van der Waals surface area contributed by atoms with Gasteiger partial charge in [-0.3, -0.25) is 4.79 Å². The summed E-state index contributed by atoms with van der Waals surface area (Å²) < 4.78 is 0. The molecule has 21 heavy (non-hydrogen) atoms. The smallest absolute Gasteiger partial charge is 0.239 e. The largest absolute Gasteiger partial charge is 0.365 e. The molecule has 0 aliphatic carbocycles. The number of fused-ring (bicyclic) bond motifs is 1. The SMILES string of the molecule is CC(C)[C@@H](C)NC(=O)CN(C)c1ccc2ccccc2c1. The summed E-state index contributed by atoms with van der Waals surface area (Å²) in [5.41, 5.74) is 1.06. The molecule has 0 bridgehead atoms. The van der Waals surface area contributed by atoms with Gasteiger partial charge in [0.15, 0.2) is 0 Å². The summed E-state index contributed by atoms with van der Waals surface area (Å²) in [5, 5.41) is 5.44. The molecule has 0 saturated carbocycles. The van der Waals surface area contributed by atoms with E-state index < -0.39 is 0 Å². The van der Waals surface area contributed by atoms with E-state index in [1.165, 1.54) is 10.8 Å². The van der Waals surface area contributed by atoms with E-state index in [9.17, 15) is 4.79 Å². The first-order chi connectivity index (χ1) is 9.97. The summed E-state index contributed by atoms with van der Waals surface area (Å²) >= 11 is 0. The highest BCUT2D eigenvalue weighted by molar-refractivity contribution is 5.87. The van der Waals surface area contributed by atoms with Crippen LogP contribution in [-0.2, 0) is 4.79 Å². The molecule has 0 aliphatic heterocycles. The zero-order chi connectivity index (χ0) is 15.4. The molecule has 0 spiro atoms. The fraction of sp³-hybridized carbons (Fsp3) is 0.389. The first-order valence-electron chi connectivity index (χ1n) is 7.46. The van der Waals surface area contributed by atoms with Gasteiger partial charge in [0.25, 0.3) is 0 Å². The molecular weight excluding hydrogens is 260 g/mol. The first-order valence-corrected chi connectivity index (χ1v) is 7.46. The van der Waals surface area contributed by atoms with Gasteiger partial charge in [0.05, 0.1) is 6.54 Å². The minimum absolute atomic E-state index is 0.0619. The molecule has 3 heteroatoms. The fourth-order valence-electron chi connectivity index (χ4n) is 2.19. The molecule has 112 valence electrons. The maximum atomic E-state index is 12.1. The Kier molecular flexibility index (Phi) is 4.84. The van der Waals surface area contributed by atoms with E-state index in [2.05, 4.69) is 49.5 Å². The summed E-state index contributed by atoms with van der Waals surface area (Å²) in [6, 6.07) is 14.7. The lowest BCUT2D eigenvalue weighted by molar-refractivity contribution is -0.120. The Morgan fingerprint density at radius 2 is 1.76 bits per heavy atom. The van der Waals surface area contributed by atoms with Crippen molar-refractivity contribution in [2.75, 3.05) is 18.5 Å². The third-order valence-electron chi connectivity index (χ3n) is 3.94. The van der Waals surface area contributed by atoms with Crippen LogP contribution < -0.4 is 10.2 Å². The van der Waals surface area contributed by atoms with Crippen molar-refractivity contribution >= 4 is 22.4 Å². The quantitative estimate of drug-likeness (QED) is 0.912. The molecule has 0 aromatic heterocycles. The molecule has 3 nitrogen and oxygen atoms in total. The second kappa shape index (κ2) is 6.61. The standard InChI is InChI=1S/C18H24N2O/c1-13(2)14(3)19-18(21)12-20(4)17-10-9-15-7-5-6-8-16(15)11-17/h5-11,13-14H,12H2,1-4H3,(H,19,21)/t14-/m1/s1. The molecule has 1 amide bonds. The Morgan fingerprint density at radius 3 is 2.43 bits per heavy atom. The molecule has 0 saturated heterocycles. The van der Waals surface area contributed by atoms with Gasteiger partial charge in [-0.15, -0.1) is 0 Å². The van der Waals surface area contributed by atoms with Crippen molar-refractivity contribution in [3.8, 4) is 0 Å². The average molecular weight is 284 g/mol. The van der Waals surface area contributed by atoms with Crippen molar-refractivity contribution in [2.24, 2.45) is 5.92 Å². The van der Waals surface area contributed by atoms with Gasteiger partial charge in [-0.2, -0.15) is 0 Å². The first kappa shape index (κ1) is 15.4. The molecule has 1 N–H and O–H groups in total. The van der Waals surface area contributed by atoms with Crippen LogP contribution in [-0.4, -0.2) is 25.5 Å². The van der Waals surface area contributed by atoms with Crippen molar-refractivity contribution < 1.29 is 4.79 Å². The van der Waals surface area contributed by atoms with Crippen molar-refractivity contribution in [1.29, 1.82) is 0 Å². The Balaban J connectivity index is 2.04. The maximum Gasteiger partial charge on any atom is 0.239 e. The maximum absolute atomic E-state index is 12.1. The molecule has 0 unspecified atom stereocenters. The van der Waals surface area contributed by atoms with Gasteiger partial charge >= 0.3 is 0 Å². The molecule has 2 rings (SSSR count). The lowest BCUT2D eigenvalue weighted by Gasteiger charge is -2.22. The fourth-order valence-corrected chi connectivity index (χ4v) is 2.19. The van der Waals surface area contributed by atoms with E-state index in [0.29, 0.717) is 12.5 Å². The second-order valence-electron chi connectivity index (χ2n) is 5.99. The van der Waals surface area contributed by atoms with Crippen LogP contribution in [0.25, 0.3) is 10.8 Å². The van der Waals surface area contributed by atoms with Crippen LogP contribution in [0, 0.1) is 5.92 Å². The number of amides is 1. The molecule has 0 aliphatic rings. The van der Waals surface area contributed by atoms with Gasteiger partial charge in [0.2, 0.25) is 5.91 Å². The van der Waals surface area contributed by atoms with Crippen LogP contribution in [0.1, 0.15) is 20.8 Å².